The Balaban J connectivity index is 1.25. The van der Waals surface area contributed by atoms with Crippen molar-refractivity contribution >= 4 is 60.0 Å². The van der Waals surface area contributed by atoms with Crippen molar-refractivity contribution in [2.24, 2.45) is 0 Å². The van der Waals surface area contributed by atoms with E-state index in [-0.39, 0.29) is 17.4 Å². The molecule has 0 spiro atoms. The second kappa shape index (κ2) is 10.9. The zero-order valence-electron chi connectivity index (χ0n) is 22.9. The molecular formula is C32H31N3O5S. The lowest BCUT2D eigenvalue weighted by Gasteiger charge is -2.30. The van der Waals surface area contributed by atoms with Gasteiger partial charge in [0.1, 0.15) is 5.58 Å². The maximum Gasteiger partial charge on any atom is 0.238 e. The third-order valence-corrected chi connectivity index (χ3v) is 9.05. The summed E-state index contributed by atoms with van der Waals surface area (Å²) in [4.78, 5) is 30.2. The number of ether oxygens (including phenoxy) is 2. The maximum absolute atomic E-state index is 13.1. The van der Waals surface area contributed by atoms with E-state index in [1.807, 2.05) is 37.3 Å². The van der Waals surface area contributed by atoms with Gasteiger partial charge in [-0.3, -0.25) is 14.5 Å². The first-order chi connectivity index (χ1) is 20.0. The van der Waals surface area contributed by atoms with Gasteiger partial charge in [0.15, 0.2) is 11.3 Å². The van der Waals surface area contributed by atoms with Crippen LogP contribution in [-0.4, -0.2) is 69.5 Å². The molecule has 8 nitrogen and oxygen atoms in total. The zero-order chi connectivity index (χ0) is 27.9. The van der Waals surface area contributed by atoms with Crippen LogP contribution in [0.5, 0.6) is 0 Å². The van der Waals surface area contributed by atoms with E-state index in [9.17, 15) is 9.59 Å². The van der Waals surface area contributed by atoms with Crippen molar-refractivity contribution in [3.8, 4) is 11.1 Å². The van der Waals surface area contributed by atoms with E-state index in [1.165, 1.54) is 0 Å². The monoisotopic (exact) mass is 569 g/mol. The first-order valence-corrected chi connectivity index (χ1v) is 14.8. The van der Waals surface area contributed by atoms with Gasteiger partial charge in [0.05, 0.1) is 37.9 Å². The SMILES string of the molecule is CC1CN(CC(=O)Nc2ccc3sc4c(-c5cccc6c(=O)cc(N7CCOCC7)oc56)cccc4c3c2)CCO1. The molecule has 0 radical (unpaired) electrons. The van der Waals surface area contributed by atoms with Crippen molar-refractivity contribution in [3.05, 3.63) is 70.9 Å². The molecule has 9 heteroatoms. The van der Waals surface area contributed by atoms with E-state index in [0.717, 1.165) is 50.1 Å². The molecule has 4 heterocycles. The van der Waals surface area contributed by atoms with Crippen LogP contribution in [0.3, 0.4) is 0 Å². The van der Waals surface area contributed by atoms with E-state index >= 15 is 0 Å². The Kier molecular flexibility index (Phi) is 6.96. The summed E-state index contributed by atoms with van der Waals surface area (Å²) in [6, 6.07) is 19.7. The van der Waals surface area contributed by atoms with Crippen molar-refractivity contribution in [2.45, 2.75) is 13.0 Å². The lowest BCUT2D eigenvalue weighted by Crippen LogP contribution is -2.44. The molecule has 5 aromatic rings. The number of para-hydroxylation sites is 1. The number of hydrogen-bond donors (Lipinski definition) is 1. The average Bonchev–Trinajstić information content (AvgIpc) is 3.35. The Labute approximate surface area is 241 Å². The summed E-state index contributed by atoms with van der Waals surface area (Å²) < 4.78 is 19.8. The molecule has 210 valence electrons. The standard InChI is InChI=1S/C32H31N3O5S/c1-20-18-34(10-15-39-20)19-29(37)33-21-8-9-28-26(16-21)24-6-3-5-23(32(24)41-28)22-4-2-7-25-27(36)17-30(40-31(22)25)35-11-13-38-14-12-35/h2-9,16-17,20H,10-15,18-19H2,1H3,(H,33,37). The highest BCUT2D eigenvalue weighted by Crippen LogP contribution is 2.42. The lowest BCUT2D eigenvalue weighted by molar-refractivity contribution is -0.119. The van der Waals surface area contributed by atoms with Gasteiger partial charge in [0, 0.05) is 69.2 Å². The van der Waals surface area contributed by atoms with Crippen LogP contribution in [0.25, 0.3) is 42.3 Å². The van der Waals surface area contributed by atoms with Crippen LogP contribution in [0, 0.1) is 0 Å². The molecule has 1 unspecified atom stereocenters. The van der Waals surface area contributed by atoms with Crippen LogP contribution in [-0.2, 0) is 14.3 Å². The molecule has 2 fully saturated rings. The molecule has 2 aliphatic heterocycles. The predicted octanol–water partition coefficient (Wildman–Crippen LogP) is 5.32. The molecule has 41 heavy (non-hydrogen) atoms. The highest BCUT2D eigenvalue weighted by atomic mass is 32.1. The second-order valence-corrected chi connectivity index (χ2v) is 11.7. The number of carbonyl (C=O) groups is 1. The Morgan fingerprint density at radius 3 is 2.59 bits per heavy atom. The van der Waals surface area contributed by atoms with Gasteiger partial charge < -0.3 is 24.1 Å². The highest BCUT2D eigenvalue weighted by molar-refractivity contribution is 7.26. The van der Waals surface area contributed by atoms with E-state index in [2.05, 4.69) is 39.4 Å². The van der Waals surface area contributed by atoms with Gasteiger partial charge in [0.2, 0.25) is 5.91 Å². The van der Waals surface area contributed by atoms with Crippen molar-refractivity contribution in [3.63, 3.8) is 0 Å². The fourth-order valence-corrected chi connectivity index (χ4v) is 7.05. The number of thiophene rings is 1. The van der Waals surface area contributed by atoms with Crippen LogP contribution < -0.4 is 15.6 Å². The predicted molar refractivity (Wildman–Crippen MR) is 164 cm³/mol. The fraction of sp³-hybridized carbons (Fsp3) is 0.312. The number of amides is 1. The van der Waals surface area contributed by atoms with Gasteiger partial charge in [-0.1, -0.05) is 30.3 Å². The molecule has 0 aliphatic carbocycles. The molecule has 0 saturated carbocycles. The summed E-state index contributed by atoms with van der Waals surface area (Å²) in [5.74, 6) is 0.550. The number of benzene rings is 3. The summed E-state index contributed by atoms with van der Waals surface area (Å²) in [6.45, 7) is 7.14. The summed E-state index contributed by atoms with van der Waals surface area (Å²) in [7, 11) is 0. The topological polar surface area (TPSA) is 84.3 Å². The van der Waals surface area contributed by atoms with Crippen molar-refractivity contribution in [1.82, 2.24) is 4.90 Å². The minimum absolute atomic E-state index is 0.0273. The van der Waals surface area contributed by atoms with Gasteiger partial charge in [0.25, 0.3) is 0 Å². The van der Waals surface area contributed by atoms with E-state index in [1.54, 1.807) is 17.4 Å². The molecule has 3 aromatic carbocycles. The summed E-state index contributed by atoms with van der Waals surface area (Å²) in [5, 5.41) is 5.84. The Morgan fingerprint density at radius 1 is 0.951 bits per heavy atom. The molecule has 2 saturated heterocycles. The smallest absolute Gasteiger partial charge is 0.238 e. The van der Waals surface area contributed by atoms with E-state index in [4.69, 9.17) is 13.9 Å². The second-order valence-electron chi connectivity index (χ2n) is 10.7. The average molecular weight is 570 g/mol. The molecule has 1 N–H and O–H groups in total. The molecular weight excluding hydrogens is 538 g/mol. The summed E-state index contributed by atoms with van der Waals surface area (Å²) in [6.07, 6.45) is 0.139. The van der Waals surface area contributed by atoms with Crippen LogP contribution in [0.4, 0.5) is 11.6 Å². The minimum Gasteiger partial charge on any atom is -0.440 e. The maximum atomic E-state index is 13.1. The number of rotatable bonds is 5. The van der Waals surface area contributed by atoms with Gasteiger partial charge in [-0.15, -0.1) is 11.3 Å². The number of fused-ring (bicyclic) bond motifs is 4. The molecule has 2 aliphatic rings. The molecule has 2 aromatic heterocycles. The Bertz CT molecular complexity index is 1820. The molecule has 0 bridgehead atoms. The third-order valence-electron chi connectivity index (χ3n) is 7.83. The van der Waals surface area contributed by atoms with Crippen molar-refractivity contribution in [2.75, 3.05) is 62.8 Å². The first-order valence-electron chi connectivity index (χ1n) is 14.0. The van der Waals surface area contributed by atoms with Gasteiger partial charge in [-0.05, 0) is 31.2 Å². The van der Waals surface area contributed by atoms with Crippen LogP contribution in [0.2, 0.25) is 0 Å². The number of hydrogen-bond acceptors (Lipinski definition) is 8. The normalized spacial score (nSPS) is 18.4. The third kappa shape index (κ3) is 5.10. The van der Waals surface area contributed by atoms with E-state index < -0.39 is 0 Å². The summed E-state index contributed by atoms with van der Waals surface area (Å²) in [5.41, 5.74) is 3.23. The quantitative estimate of drug-likeness (QED) is 0.307. The largest absolute Gasteiger partial charge is 0.440 e. The van der Waals surface area contributed by atoms with Crippen LogP contribution >= 0.6 is 11.3 Å². The Hall–Kier alpha value is -3.76. The number of anilines is 2. The van der Waals surface area contributed by atoms with Gasteiger partial charge in [-0.25, -0.2) is 0 Å². The van der Waals surface area contributed by atoms with Gasteiger partial charge in [-0.2, -0.15) is 0 Å². The lowest BCUT2D eigenvalue weighted by atomic mass is 10.0. The number of nitrogens with zero attached hydrogens (tertiary/aromatic N) is 2. The zero-order valence-corrected chi connectivity index (χ0v) is 23.7. The van der Waals surface area contributed by atoms with Crippen molar-refractivity contribution in [1.29, 1.82) is 0 Å². The number of nitrogens with one attached hydrogen (secondary N) is 1. The number of morpholine rings is 2. The summed E-state index contributed by atoms with van der Waals surface area (Å²) >= 11 is 1.70. The van der Waals surface area contributed by atoms with Crippen molar-refractivity contribution < 1.29 is 18.7 Å². The number of carbonyl (C=O) groups excluding carboxylic acids is 1. The molecule has 1 amide bonds. The minimum atomic E-state index is -0.0509. The van der Waals surface area contributed by atoms with Gasteiger partial charge >= 0.3 is 0 Å². The van der Waals surface area contributed by atoms with E-state index in [0.29, 0.717) is 56.3 Å². The fourth-order valence-electron chi connectivity index (χ4n) is 5.84. The first kappa shape index (κ1) is 26.2. The Morgan fingerprint density at radius 2 is 1.76 bits per heavy atom. The molecule has 1 atom stereocenters. The van der Waals surface area contributed by atoms with Crippen LogP contribution in [0.15, 0.2) is 69.9 Å². The molecule has 7 rings (SSSR count). The van der Waals surface area contributed by atoms with Crippen LogP contribution in [0.1, 0.15) is 6.92 Å². The highest BCUT2D eigenvalue weighted by Gasteiger charge is 2.21.